The van der Waals surface area contributed by atoms with Gasteiger partial charge in [-0.05, 0) is 53.0 Å². The average molecular weight is 616 g/mol. The van der Waals surface area contributed by atoms with Crippen LogP contribution >= 0.6 is 27.5 Å². The Morgan fingerprint density at radius 3 is 2.64 bits per heavy atom. The highest BCUT2D eigenvalue weighted by Gasteiger charge is 2.30. The molecule has 0 saturated carbocycles. The van der Waals surface area contributed by atoms with Gasteiger partial charge in [0.05, 0.1) is 23.5 Å². The maximum absolute atomic E-state index is 14.2. The van der Waals surface area contributed by atoms with Crippen LogP contribution < -0.4 is 5.32 Å². The number of carbonyl (C=O) groups excluding carboxylic acids is 2. The highest BCUT2D eigenvalue weighted by molar-refractivity contribution is 9.10. The molecule has 1 aliphatic rings. The van der Waals surface area contributed by atoms with E-state index >= 15 is 0 Å². The minimum absolute atomic E-state index is 0.110. The molecule has 39 heavy (non-hydrogen) atoms. The number of halogens is 3. The molecule has 2 aromatic heterocycles. The third-order valence-corrected chi connectivity index (χ3v) is 7.53. The van der Waals surface area contributed by atoms with Crippen LogP contribution in [0.3, 0.4) is 0 Å². The molecule has 1 aliphatic heterocycles. The lowest BCUT2D eigenvalue weighted by Crippen LogP contribution is -2.43. The molecule has 0 unspecified atom stereocenters. The van der Waals surface area contributed by atoms with Crippen LogP contribution in [0.15, 0.2) is 53.1 Å². The summed E-state index contributed by atoms with van der Waals surface area (Å²) in [6.45, 7) is 2.93. The van der Waals surface area contributed by atoms with Crippen LogP contribution in [0.1, 0.15) is 41.9 Å². The lowest BCUT2D eigenvalue weighted by atomic mass is 9.96. The van der Waals surface area contributed by atoms with Gasteiger partial charge in [-0.1, -0.05) is 41.9 Å². The Morgan fingerprint density at radius 1 is 1.15 bits per heavy atom. The van der Waals surface area contributed by atoms with Crippen LogP contribution in [0, 0.1) is 11.7 Å². The molecule has 0 radical (unpaired) electrons. The fraction of sp³-hybridized carbons (Fsp3) is 0.308. The molecule has 1 N–H and O–H groups in total. The zero-order chi connectivity index (χ0) is 27.5. The molecular weight excluding hydrogens is 591 g/mol. The zero-order valence-corrected chi connectivity index (χ0v) is 23.4. The Hall–Kier alpha value is -3.64. The van der Waals surface area contributed by atoms with Gasteiger partial charge in [-0.3, -0.25) is 9.59 Å². The molecule has 2 aromatic carbocycles. The Kier molecular flexibility index (Phi) is 8.03. The second kappa shape index (κ2) is 11.6. The van der Waals surface area contributed by atoms with Crippen molar-refractivity contribution in [3.63, 3.8) is 0 Å². The van der Waals surface area contributed by atoms with Crippen LogP contribution in [0.4, 0.5) is 4.39 Å². The fourth-order valence-electron chi connectivity index (χ4n) is 4.49. The normalized spacial score (nSPS) is 14.0. The molecule has 0 atom stereocenters. The quantitative estimate of drug-likeness (QED) is 0.335. The number of para-hydroxylation sites is 2. The summed E-state index contributed by atoms with van der Waals surface area (Å²) in [5.74, 6) is -0.338. The first-order chi connectivity index (χ1) is 18.9. The summed E-state index contributed by atoms with van der Waals surface area (Å²) in [4.78, 5) is 32.1. The SMILES string of the molecule is CCc1nc(C(=O)N2CCC(C(=O)NCc3cn(-c4c(F)cccc4Br)nn3)CC2)nn1-c1ccccc1Cl. The summed E-state index contributed by atoms with van der Waals surface area (Å²) >= 11 is 9.65. The van der Waals surface area contributed by atoms with Crippen molar-refractivity contribution >= 4 is 39.3 Å². The number of carbonyl (C=O) groups is 2. The molecule has 0 aliphatic carbocycles. The Morgan fingerprint density at radius 2 is 1.92 bits per heavy atom. The van der Waals surface area contributed by atoms with E-state index in [2.05, 4.69) is 41.6 Å². The predicted molar refractivity (Wildman–Crippen MR) is 145 cm³/mol. The molecular formula is C26H25BrClFN8O2. The van der Waals surface area contributed by atoms with E-state index in [0.717, 1.165) is 0 Å². The third-order valence-electron chi connectivity index (χ3n) is 6.57. The van der Waals surface area contributed by atoms with Gasteiger partial charge in [0, 0.05) is 29.9 Å². The summed E-state index contributed by atoms with van der Waals surface area (Å²) < 4.78 is 17.7. The molecule has 0 bridgehead atoms. The van der Waals surface area contributed by atoms with Crippen LogP contribution in [-0.2, 0) is 17.8 Å². The van der Waals surface area contributed by atoms with Crippen molar-refractivity contribution in [2.75, 3.05) is 13.1 Å². The second-order valence-corrected chi connectivity index (χ2v) is 10.3. The van der Waals surface area contributed by atoms with Gasteiger partial charge in [0.25, 0.3) is 5.91 Å². The third kappa shape index (κ3) is 5.71. The summed E-state index contributed by atoms with van der Waals surface area (Å²) in [5, 5.41) is 15.9. The van der Waals surface area contributed by atoms with Gasteiger partial charge in [-0.25, -0.2) is 18.7 Å². The Balaban J connectivity index is 1.17. The number of benzene rings is 2. The number of piperidine rings is 1. The van der Waals surface area contributed by atoms with Crippen LogP contribution in [0.25, 0.3) is 11.4 Å². The van der Waals surface area contributed by atoms with Gasteiger partial charge >= 0.3 is 0 Å². The van der Waals surface area contributed by atoms with Gasteiger partial charge in [0.1, 0.15) is 23.0 Å². The van der Waals surface area contributed by atoms with Crippen LogP contribution in [-0.4, -0.2) is 59.6 Å². The van der Waals surface area contributed by atoms with E-state index in [-0.39, 0.29) is 35.8 Å². The predicted octanol–water partition coefficient (Wildman–Crippen LogP) is 4.13. The minimum Gasteiger partial charge on any atom is -0.350 e. The van der Waals surface area contributed by atoms with E-state index in [1.54, 1.807) is 34.0 Å². The molecule has 4 aromatic rings. The summed E-state index contributed by atoms with van der Waals surface area (Å²) in [6, 6.07) is 11.9. The van der Waals surface area contributed by atoms with E-state index in [0.29, 0.717) is 59.1 Å². The first-order valence-corrected chi connectivity index (χ1v) is 13.7. The first-order valence-electron chi connectivity index (χ1n) is 12.5. The highest BCUT2D eigenvalue weighted by atomic mass is 79.9. The summed E-state index contributed by atoms with van der Waals surface area (Å²) in [7, 11) is 0. The number of hydrogen-bond donors (Lipinski definition) is 1. The molecule has 1 saturated heterocycles. The van der Waals surface area contributed by atoms with Crippen molar-refractivity contribution in [3.8, 4) is 11.4 Å². The van der Waals surface area contributed by atoms with E-state index < -0.39 is 5.82 Å². The van der Waals surface area contributed by atoms with Gasteiger partial charge in [0.15, 0.2) is 0 Å². The fourth-order valence-corrected chi connectivity index (χ4v) is 5.22. The smallest absolute Gasteiger partial charge is 0.293 e. The molecule has 3 heterocycles. The van der Waals surface area contributed by atoms with E-state index in [4.69, 9.17) is 11.6 Å². The molecule has 2 amide bonds. The van der Waals surface area contributed by atoms with Crippen molar-refractivity contribution in [1.29, 1.82) is 0 Å². The number of nitrogens with zero attached hydrogens (tertiary/aromatic N) is 7. The molecule has 0 spiro atoms. The van der Waals surface area contributed by atoms with Gasteiger partial charge < -0.3 is 10.2 Å². The average Bonchev–Trinajstić information content (AvgIpc) is 3.59. The monoisotopic (exact) mass is 614 g/mol. The van der Waals surface area contributed by atoms with E-state index in [1.165, 1.54) is 10.7 Å². The number of aryl methyl sites for hydroxylation is 1. The molecule has 202 valence electrons. The lowest BCUT2D eigenvalue weighted by Gasteiger charge is -2.30. The van der Waals surface area contributed by atoms with Gasteiger partial charge in [-0.15, -0.1) is 10.2 Å². The topological polar surface area (TPSA) is 111 Å². The first kappa shape index (κ1) is 26.9. The second-order valence-electron chi connectivity index (χ2n) is 9.08. The molecule has 13 heteroatoms. The Bertz CT molecular complexity index is 1500. The summed E-state index contributed by atoms with van der Waals surface area (Å²) in [5.41, 5.74) is 1.41. The van der Waals surface area contributed by atoms with E-state index in [9.17, 15) is 14.0 Å². The van der Waals surface area contributed by atoms with Crippen molar-refractivity contribution < 1.29 is 14.0 Å². The lowest BCUT2D eigenvalue weighted by molar-refractivity contribution is -0.126. The zero-order valence-electron chi connectivity index (χ0n) is 21.0. The number of aromatic nitrogens is 6. The molecule has 1 fully saturated rings. The number of nitrogens with one attached hydrogen (secondary N) is 1. The highest BCUT2D eigenvalue weighted by Crippen LogP contribution is 2.24. The number of likely N-dealkylation sites (tertiary alicyclic amines) is 1. The molecule has 5 rings (SSSR count). The Labute approximate surface area is 237 Å². The van der Waals surface area contributed by atoms with Gasteiger partial charge in [0.2, 0.25) is 11.7 Å². The number of amides is 2. The minimum atomic E-state index is -0.442. The molecule has 10 nitrogen and oxygen atoms in total. The van der Waals surface area contributed by atoms with Crippen molar-refractivity contribution in [2.24, 2.45) is 5.92 Å². The number of rotatable bonds is 7. The van der Waals surface area contributed by atoms with Crippen molar-refractivity contribution in [1.82, 2.24) is 40.0 Å². The van der Waals surface area contributed by atoms with E-state index in [1.807, 2.05) is 25.1 Å². The van der Waals surface area contributed by atoms with Crippen LogP contribution in [0.5, 0.6) is 0 Å². The summed E-state index contributed by atoms with van der Waals surface area (Å²) in [6.07, 6.45) is 3.18. The van der Waals surface area contributed by atoms with Crippen molar-refractivity contribution in [3.05, 3.63) is 81.3 Å². The standard InChI is InChI=1S/C26H25BrClFN8O2/c1-2-22-31-24(33-37(22)21-9-4-3-7-19(21)28)26(39)35-12-10-16(11-13-35)25(38)30-14-17-15-36(34-32-17)23-18(27)6-5-8-20(23)29/h3-9,15-16H,2,10-14H2,1H3,(H,30,38). The van der Waals surface area contributed by atoms with Crippen LogP contribution in [0.2, 0.25) is 5.02 Å². The maximum atomic E-state index is 14.2. The number of hydrogen-bond acceptors (Lipinski definition) is 6. The maximum Gasteiger partial charge on any atom is 0.293 e. The van der Waals surface area contributed by atoms with Crippen molar-refractivity contribution in [2.45, 2.75) is 32.7 Å². The largest absolute Gasteiger partial charge is 0.350 e. The van der Waals surface area contributed by atoms with Gasteiger partial charge in [-0.2, -0.15) is 0 Å².